The Kier molecular flexibility index (Phi) is 6.35. The Morgan fingerprint density at radius 2 is 1.81 bits per heavy atom. The summed E-state index contributed by atoms with van der Waals surface area (Å²) in [7, 11) is -3.42. The lowest BCUT2D eigenvalue weighted by Gasteiger charge is -2.13. The normalized spacial score (nSPS) is 12.1. The zero-order valence-corrected chi connectivity index (χ0v) is 15.4. The van der Waals surface area contributed by atoms with Crippen molar-refractivity contribution in [1.82, 2.24) is 5.32 Å². The second-order valence-electron chi connectivity index (χ2n) is 5.61. The van der Waals surface area contributed by atoms with Gasteiger partial charge in [0, 0.05) is 11.3 Å². The molecule has 9 nitrogen and oxygen atoms in total. The molecule has 0 bridgehead atoms. The zero-order valence-electron chi connectivity index (χ0n) is 14.6. The molecule has 0 saturated heterocycles. The molecule has 1 aromatic heterocycles. The van der Waals surface area contributed by atoms with Crippen LogP contribution in [0.2, 0.25) is 0 Å². The summed E-state index contributed by atoms with van der Waals surface area (Å²) >= 11 is 0. The molecule has 144 valence electrons. The van der Waals surface area contributed by atoms with Crippen LogP contribution in [-0.4, -0.2) is 45.0 Å². The zero-order chi connectivity index (χ0) is 20.0. The lowest BCUT2D eigenvalue weighted by atomic mass is 10.1. The van der Waals surface area contributed by atoms with Gasteiger partial charge in [-0.15, -0.1) is 0 Å². The number of ether oxygens (including phenoxy) is 1. The number of anilines is 1. The summed E-state index contributed by atoms with van der Waals surface area (Å²) in [6.45, 7) is 0.978. The third-order valence-electron chi connectivity index (χ3n) is 3.29. The maximum Gasteiger partial charge on any atom is 0.326 e. The summed E-state index contributed by atoms with van der Waals surface area (Å²) in [5.74, 6) is -1.78. The number of Topliss-reactive ketones (excluding diaryl/α,β-unsaturated/α-hetero) is 1. The minimum Gasteiger partial charge on any atom is -0.459 e. The topological polar surface area (TPSA) is 132 Å². The summed E-state index contributed by atoms with van der Waals surface area (Å²) in [6.07, 6.45) is 1.26. The van der Waals surface area contributed by atoms with E-state index in [2.05, 4.69) is 10.0 Å². The van der Waals surface area contributed by atoms with Crippen molar-refractivity contribution in [2.45, 2.75) is 13.0 Å². The Morgan fingerprint density at radius 3 is 2.37 bits per heavy atom. The molecule has 1 aromatic carbocycles. The average molecular weight is 394 g/mol. The lowest BCUT2D eigenvalue weighted by molar-refractivity contribution is -0.145. The number of carbonyl (C=O) groups excluding carboxylic acids is 3. The summed E-state index contributed by atoms with van der Waals surface area (Å²) < 4.78 is 34.5. The standard InChI is InChI=1S/C17H18N2O7S/c1-11(26-15(20)10-18-17(22)14-4-3-9-25-14)16(21)12-5-7-13(8-6-12)19-27(2,23)24/h3-9,11,19H,10H2,1-2H3,(H,18,22)/t11-/m1/s1. The molecular weight excluding hydrogens is 376 g/mol. The van der Waals surface area contributed by atoms with Gasteiger partial charge in [-0.2, -0.15) is 0 Å². The van der Waals surface area contributed by atoms with E-state index < -0.39 is 40.3 Å². The first kappa shape index (κ1) is 20.2. The Morgan fingerprint density at radius 1 is 1.15 bits per heavy atom. The van der Waals surface area contributed by atoms with Crippen LogP contribution in [0.15, 0.2) is 47.1 Å². The first-order valence-corrected chi connectivity index (χ1v) is 9.68. The Bertz CT molecular complexity index is 919. The lowest BCUT2D eigenvalue weighted by Crippen LogP contribution is -2.33. The number of hydrogen-bond acceptors (Lipinski definition) is 7. The Labute approximate surface area is 155 Å². The highest BCUT2D eigenvalue weighted by molar-refractivity contribution is 7.92. The quantitative estimate of drug-likeness (QED) is 0.508. The van der Waals surface area contributed by atoms with Gasteiger partial charge in [-0.3, -0.25) is 19.1 Å². The van der Waals surface area contributed by atoms with Crippen molar-refractivity contribution in [3.8, 4) is 0 Å². The van der Waals surface area contributed by atoms with Gasteiger partial charge >= 0.3 is 5.97 Å². The van der Waals surface area contributed by atoms with Gasteiger partial charge < -0.3 is 14.5 Å². The predicted molar refractivity (Wildman–Crippen MR) is 95.8 cm³/mol. The molecule has 0 unspecified atom stereocenters. The van der Waals surface area contributed by atoms with Gasteiger partial charge in [-0.25, -0.2) is 8.42 Å². The van der Waals surface area contributed by atoms with Gasteiger partial charge in [-0.05, 0) is 43.3 Å². The van der Waals surface area contributed by atoms with Crippen molar-refractivity contribution in [3.05, 3.63) is 54.0 Å². The highest BCUT2D eigenvalue weighted by Gasteiger charge is 2.20. The minimum absolute atomic E-state index is 0.0507. The maximum atomic E-state index is 12.3. The third kappa shape index (κ3) is 6.26. The van der Waals surface area contributed by atoms with E-state index in [1.807, 2.05) is 0 Å². The van der Waals surface area contributed by atoms with Gasteiger partial charge in [-0.1, -0.05) is 0 Å². The van der Waals surface area contributed by atoms with Crippen molar-refractivity contribution >= 4 is 33.4 Å². The number of carbonyl (C=O) groups is 3. The van der Waals surface area contributed by atoms with Crippen molar-refractivity contribution in [2.75, 3.05) is 17.5 Å². The van der Waals surface area contributed by atoms with Crippen LogP contribution in [0.3, 0.4) is 0 Å². The van der Waals surface area contributed by atoms with E-state index in [4.69, 9.17) is 9.15 Å². The third-order valence-corrected chi connectivity index (χ3v) is 3.89. The molecule has 0 saturated carbocycles. The molecule has 0 aliphatic carbocycles. The molecule has 0 fully saturated rings. The number of nitrogens with one attached hydrogen (secondary N) is 2. The first-order valence-electron chi connectivity index (χ1n) is 7.79. The van der Waals surface area contributed by atoms with Gasteiger partial charge in [0.05, 0.1) is 12.5 Å². The molecular formula is C17H18N2O7S. The predicted octanol–water partition coefficient (Wildman–Crippen LogP) is 1.20. The number of sulfonamides is 1. The minimum atomic E-state index is -3.42. The van der Waals surface area contributed by atoms with E-state index in [9.17, 15) is 22.8 Å². The number of esters is 1. The molecule has 2 rings (SSSR count). The fourth-order valence-corrected chi connectivity index (χ4v) is 2.66. The molecule has 10 heteroatoms. The highest BCUT2D eigenvalue weighted by atomic mass is 32.2. The number of hydrogen-bond donors (Lipinski definition) is 2. The van der Waals surface area contributed by atoms with Crippen LogP contribution < -0.4 is 10.0 Å². The average Bonchev–Trinajstić information content (AvgIpc) is 3.13. The highest BCUT2D eigenvalue weighted by Crippen LogP contribution is 2.13. The van der Waals surface area contributed by atoms with Crippen LogP contribution in [0, 0.1) is 0 Å². The second-order valence-corrected chi connectivity index (χ2v) is 7.36. The number of benzene rings is 1. The summed E-state index contributed by atoms with van der Waals surface area (Å²) in [4.78, 5) is 35.7. The molecule has 2 aromatic rings. The van der Waals surface area contributed by atoms with Crippen LogP contribution in [0.25, 0.3) is 0 Å². The van der Waals surface area contributed by atoms with Crippen molar-refractivity contribution in [2.24, 2.45) is 0 Å². The molecule has 1 amide bonds. The molecule has 0 aliphatic rings. The van der Waals surface area contributed by atoms with Crippen LogP contribution in [-0.2, 0) is 19.6 Å². The van der Waals surface area contributed by atoms with Crippen molar-refractivity contribution in [1.29, 1.82) is 0 Å². The molecule has 0 spiro atoms. The fourth-order valence-electron chi connectivity index (χ4n) is 2.09. The summed E-state index contributed by atoms with van der Waals surface area (Å²) in [5.41, 5.74) is 0.549. The summed E-state index contributed by atoms with van der Waals surface area (Å²) in [6, 6.07) is 8.65. The number of ketones is 1. The Hall–Kier alpha value is -3.14. The van der Waals surface area contributed by atoms with Crippen LogP contribution >= 0.6 is 0 Å². The van der Waals surface area contributed by atoms with E-state index in [0.717, 1.165) is 6.26 Å². The first-order chi connectivity index (χ1) is 12.7. The van der Waals surface area contributed by atoms with Crippen LogP contribution in [0.1, 0.15) is 27.8 Å². The second kappa shape index (κ2) is 8.49. The maximum absolute atomic E-state index is 12.3. The largest absolute Gasteiger partial charge is 0.459 e. The van der Waals surface area contributed by atoms with Crippen LogP contribution in [0.4, 0.5) is 5.69 Å². The van der Waals surface area contributed by atoms with Gasteiger partial charge in [0.25, 0.3) is 5.91 Å². The molecule has 27 heavy (non-hydrogen) atoms. The van der Waals surface area contributed by atoms with E-state index in [0.29, 0.717) is 5.69 Å². The van der Waals surface area contributed by atoms with Gasteiger partial charge in [0.1, 0.15) is 6.54 Å². The van der Waals surface area contributed by atoms with Crippen molar-refractivity contribution < 1.29 is 32.0 Å². The van der Waals surface area contributed by atoms with E-state index in [-0.39, 0.29) is 11.3 Å². The smallest absolute Gasteiger partial charge is 0.326 e. The summed E-state index contributed by atoms with van der Waals surface area (Å²) in [5, 5.41) is 2.31. The van der Waals surface area contributed by atoms with Gasteiger partial charge in [0.2, 0.25) is 15.8 Å². The number of furan rings is 1. The van der Waals surface area contributed by atoms with E-state index in [1.165, 1.54) is 49.6 Å². The van der Waals surface area contributed by atoms with Crippen molar-refractivity contribution in [3.63, 3.8) is 0 Å². The fraction of sp³-hybridized carbons (Fsp3) is 0.235. The number of rotatable bonds is 8. The van der Waals surface area contributed by atoms with Crippen LogP contribution in [0.5, 0.6) is 0 Å². The molecule has 2 N–H and O–H groups in total. The SMILES string of the molecule is C[C@@H](OC(=O)CNC(=O)c1ccco1)C(=O)c1ccc(NS(C)(=O)=O)cc1. The van der Waals surface area contributed by atoms with E-state index in [1.54, 1.807) is 0 Å². The molecule has 0 aliphatic heterocycles. The Balaban J connectivity index is 1.87. The van der Waals surface area contributed by atoms with E-state index >= 15 is 0 Å². The molecule has 0 radical (unpaired) electrons. The molecule has 1 atom stereocenters. The molecule has 1 heterocycles. The number of amides is 1. The van der Waals surface area contributed by atoms with Gasteiger partial charge in [0.15, 0.2) is 11.9 Å². The monoisotopic (exact) mass is 394 g/mol.